The lowest BCUT2D eigenvalue weighted by Gasteiger charge is -1.98. The zero-order chi connectivity index (χ0) is 17.4. The monoisotopic (exact) mass is 373 g/mol. The van der Waals surface area contributed by atoms with Gasteiger partial charge in [0.25, 0.3) is 5.56 Å². The van der Waals surface area contributed by atoms with E-state index in [-0.39, 0.29) is 5.56 Å². The summed E-state index contributed by atoms with van der Waals surface area (Å²) < 4.78 is 6.45. The lowest BCUT2D eigenvalue weighted by Crippen LogP contribution is -2.12. The molecule has 0 aliphatic rings. The first-order valence-corrected chi connectivity index (χ1v) is 8.75. The summed E-state index contributed by atoms with van der Waals surface area (Å²) in [5, 5.41) is 8.32. The number of hydrogen-bond donors (Lipinski definition) is 1. The number of fused-ring (bicyclic) bond motifs is 1. The molecule has 7 nitrogen and oxygen atoms in total. The van der Waals surface area contributed by atoms with Gasteiger partial charge in [0.2, 0.25) is 5.16 Å². The van der Waals surface area contributed by atoms with Crippen molar-refractivity contribution in [2.45, 2.75) is 17.8 Å². The molecule has 0 unspecified atom stereocenters. The first-order valence-electron chi connectivity index (χ1n) is 7.39. The number of benzene rings is 1. The normalized spacial score (nSPS) is 11.3. The van der Waals surface area contributed by atoms with Crippen LogP contribution in [0.15, 0.2) is 50.9 Å². The van der Waals surface area contributed by atoms with Gasteiger partial charge in [-0.05, 0) is 31.2 Å². The third-order valence-electron chi connectivity index (χ3n) is 3.46. The molecular formula is C16H12ClN5O2S. The van der Waals surface area contributed by atoms with Crippen LogP contribution in [0.2, 0.25) is 5.02 Å². The van der Waals surface area contributed by atoms with Crippen LogP contribution in [0.25, 0.3) is 17.0 Å². The van der Waals surface area contributed by atoms with Gasteiger partial charge >= 0.3 is 0 Å². The minimum Gasteiger partial charge on any atom is -0.375 e. The molecule has 0 atom stereocenters. The number of aromatic nitrogens is 5. The topological polar surface area (TPSA) is 89.1 Å². The van der Waals surface area contributed by atoms with Crippen molar-refractivity contribution in [1.29, 1.82) is 0 Å². The molecule has 1 N–H and O–H groups in total. The van der Waals surface area contributed by atoms with Crippen molar-refractivity contribution in [2.24, 2.45) is 0 Å². The quantitative estimate of drug-likeness (QED) is 0.552. The number of rotatable bonds is 4. The van der Waals surface area contributed by atoms with E-state index >= 15 is 0 Å². The number of halogens is 1. The molecule has 0 aliphatic carbocycles. The summed E-state index contributed by atoms with van der Waals surface area (Å²) in [6.45, 7) is 1.77. The second kappa shape index (κ2) is 6.38. The molecule has 9 heteroatoms. The number of nitrogens with one attached hydrogen (secondary N) is 1. The fourth-order valence-corrected chi connectivity index (χ4v) is 3.15. The van der Waals surface area contributed by atoms with E-state index in [0.717, 1.165) is 5.56 Å². The van der Waals surface area contributed by atoms with Crippen molar-refractivity contribution >= 4 is 29.0 Å². The van der Waals surface area contributed by atoms with E-state index < -0.39 is 0 Å². The fourth-order valence-electron chi connectivity index (χ4n) is 2.33. The molecule has 0 saturated heterocycles. The van der Waals surface area contributed by atoms with E-state index in [1.54, 1.807) is 25.1 Å². The number of hydrogen-bond acceptors (Lipinski definition) is 6. The molecule has 0 saturated carbocycles. The predicted octanol–water partition coefficient (Wildman–Crippen LogP) is 3.33. The Morgan fingerprint density at radius 3 is 2.84 bits per heavy atom. The molecule has 3 heterocycles. The van der Waals surface area contributed by atoms with Gasteiger partial charge in [-0.15, -0.1) is 9.67 Å². The van der Waals surface area contributed by atoms with Crippen LogP contribution in [0.5, 0.6) is 0 Å². The summed E-state index contributed by atoms with van der Waals surface area (Å²) in [5.74, 6) is 1.78. The van der Waals surface area contributed by atoms with E-state index in [9.17, 15) is 4.79 Å². The average Bonchev–Trinajstić information content (AvgIpc) is 3.20. The van der Waals surface area contributed by atoms with Crippen LogP contribution in [0.4, 0.5) is 0 Å². The minimum absolute atomic E-state index is 0.245. The Kier molecular flexibility index (Phi) is 4.06. The summed E-state index contributed by atoms with van der Waals surface area (Å²) >= 11 is 7.28. The van der Waals surface area contributed by atoms with Gasteiger partial charge in [-0.25, -0.2) is 9.97 Å². The van der Waals surface area contributed by atoms with Crippen LogP contribution >= 0.6 is 23.4 Å². The van der Waals surface area contributed by atoms with Crippen molar-refractivity contribution < 1.29 is 4.52 Å². The molecule has 0 radical (unpaired) electrons. The van der Waals surface area contributed by atoms with Crippen molar-refractivity contribution in [1.82, 2.24) is 24.7 Å². The van der Waals surface area contributed by atoms with Crippen LogP contribution in [-0.4, -0.2) is 24.7 Å². The van der Waals surface area contributed by atoms with Crippen molar-refractivity contribution in [3.8, 4) is 11.4 Å². The Labute approximate surface area is 151 Å². The highest BCUT2D eigenvalue weighted by molar-refractivity contribution is 7.98. The Hall–Kier alpha value is -2.58. The molecular weight excluding hydrogens is 362 g/mol. The van der Waals surface area contributed by atoms with Gasteiger partial charge in [0.1, 0.15) is 5.76 Å². The molecule has 3 aromatic heterocycles. The number of thioether (sulfide) groups is 1. The van der Waals surface area contributed by atoms with Crippen molar-refractivity contribution in [2.75, 3.05) is 0 Å². The molecule has 1 aromatic carbocycles. The average molecular weight is 374 g/mol. The van der Waals surface area contributed by atoms with Gasteiger partial charge in [0, 0.05) is 28.5 Å². The highest BCUT2D eigenvalue weighted by Crippen LogP contribution is 2.22. The van der Waals surface area contributed by atoms with Crippen LogP contribution in [-0.2, 0) is 5.75 Å². The van der Waals surface area contributed by atoms with Gasteiger partial charge in [0.05, 0.1) is 5.69 Å². The van der Waals surface area contributed by atoms with Crippen LogP contribution in [0.3, 0.4) is 0 Å². The van der Waals surface area contributed by atoms with Gasteiger partial charge in [-0.1, -0.05) is 23.4 Å². The fraction of sp³-hybridized carbons (Fsp3) is 0.125. The Morgan fingerprint density at radius 2 is 2.04 bits per heavy atom. The SMILES string of the molecule is Cc1cc2nc(CSc3n[nH]c(-c4ccc(Cl)cc4)n3)cc(=O)n2o1. The van der Waals surface area contributed by atoms with Crippen LogP contribution in [0.1, 0.15) is 11.5 Å². The highest BCUT2D eigenvalue weighted by Gasteiger charge is 2.10. The summed E-state index contributed by atoms with van der Waals surface area (Å²) in [5.41, 5.74) is 1.80. The maximum atomic E-state index is 12.0. The van der Waals surface area contributed by atoms with Gasteiger partial charge in [-0.2, -0.15) is 0 Å². The summed E-state index contributed by atoms with van der Waals surface area (Å²) in [4.78, 5) is 20.9. The zero-order valence-corrected chi connectivity index (χ0v) is 14.6. The second-order valence-corrected chi connectivity index (χ2v) is 6.73. The Morgan fingerprint density at radius 1 is 1.24 bits per heavy atom. The number of aryl methyl sites for hydroxylation is 1. The third kappa shape index (κ3) is 3.31. The first-order chi connectivity index (χ1) is 12.1. The van der Waals surface area contributed by atoms with E-state index in [4.69, 9.17) is 16.1 Å². The maximum Gasteiger partial charge on any atom is 0.287 e. The molecule has 0 bridgehead atoms. The summed E-state index contributed by atoms with van der Waals surface area (Å²) in [7, 11) is 0. The van der Waals surface area contributed by atoms with Crippen molar-refractivity contribution in [3.05, 3.63) is 63.2 Å². The minimum atomic E-state index is -0.245. The standard InChI is InChI=1S/C16H12ClN5O2S/c1-9-6-13-18-12(7-14(23)22(13)24-9)8-25-16-19-15(20-21-16)10-2-4-11(17)5-3-10/h2-7H,8H2,1H3,(H,19,20,21). The second-order valence-electron chi connectivity index (χ2n) is 5.35. The van der Waals surface area contributed by atoms with Gasteiger partial charge in [0.15, 0.2) is 11.5 Å². The van der Waals surface area contributed by atoms with E-state index in [1.165, 1.54) is 22.4 Å². The summed E-state index contributed by atoms with van der Waals surface area (Å²) in [6.07, 6.45) is 0. The summed E-state index contributed by atoms with van der Waals surface area (Å²) in [6, 6.07) is 10.5. The molecule has 0 aliphatic heterocycles. The van der Waals surface area contributed by atoms with Gasteiger partial charge < -0.3 is 4.52 Å². The largest absolute Gasteiger partial charge is 0.375 e. The maximum absolute atomic E-state index is 12.0. The van der Waals surface area contributed by atoms with E-state index in [0.29, 0.717) is 38.9 Å². The van der Waals surface area contributed by atoms with Crippen LogP contribution < -0.4 is 5.56 Å². The number of H-pyrrole nitrogens is 1. The third-order valence-corrected chi connectivity index (χ3v) is 4.59. The van der Waals surface area contributed by atoms with Crippen LogP contribution in [0, 0.1) is 6.92 Å². The highest BCUT2D eigenvalue weighted by atomic mass is 35.5. The smallest absolute Gasteiger partial charge is 0.287 e. The van der Waals surface area contributed by atoms with Crippen molar-refractivity contribution in [3.63, 3.8) is 0 Å². The molecule has 4 rings (SSSR count). The lowest BCUT2D eigenvalue weighted by molar-refractivity contribution is 0.344. The molecule has 25 heavy (non-hydrogen) atoms. The molecule has 0 spiro atoms. The molecule has 126 valence electrons. The Balaban J connectivity index is 1.52. The van der Waals surface area contributed by atoms with E-state index in [2.05, 4.69) is 20.2 Å². The molecule has 4 aromatic rings. The first kappa shape index (κ1) is 15.9. The predicted molar refractivity (Wildman–Crippen MR) is 94.9 cm³/mol. The molecule has 0 amide bonds. The molecule has 0 fully saturated rings. The van der Waals surface area contributed by atoms with Gasteiger partial charge in [-0.3, -0.25) is 9.89 Å². The van der Waals surface area contributed by atoms with E-state index in [1.807, 2.05) is 12.1 Å². The lowest BCUT2D eigenvalue weighted by atomic mass is 10.2. The zero-order valence-electron chi connectivity index (χ0n) is 13.1. The Bertz CT molecular complexity index is 1100. The number of nitrogens with zero attached hydrogens (tertiary/aromatic N) is 4. The number of aromatic amines is 1.